The molecule has 6 heteroatoms. The molecule has 26 heavy (non-hydrogen) atoms. The van der Waals surface area contributed by atoms with Crippen molar-refractivity contribution in [1.29, 1.82) is 0 Å². The zero-order valence-electron chi connectivity index (χ0n) is 14.3. The molecule has 0 saturated heterocycles. The molecule has 130 valence electrons. The highest BCUT2D eigenvalue weighted by Crippen LogP contribution is 2.40. The maximum atomic E-state index is 12.0. The first-order chi connectivity index (χ1) is 12.7. The maximum absolute atomic E-state index is 12.0. The Morgan fingerprint density at radius 2 is 2.04 bits per heavy atom. The van der Waals surface area contributed by atoms with Gasteiger partial charge in [-0.25, -0.2) is 4.79 Å². The van der Waals surface area contributed by atoms with E-state index in [1.807, 2.05) is 31.3 Å². The molecule has 5 nitrogen and oxygen atoms in total. The number of benzene rings is 2. The van der Waals surface area contributed by atoms with Crippen LogP contribution in [0.15, 0.2) is 56.8 Å². The lowest BCUT2D eigenvalue weighted by Crippen LogP contribution is -2.01. The molecular weight excluding hydrogens is 346 g/mol. The van der Waals surface area contributed by atoms with Crippen molar-refractivity contribution in [3.8, 4) is 0 Å². The normalized spacial score (nSPS) is 14.3. The summed E-state index contributed by atoms with van der Waals surface area (Å²) in [6, 6.07) is 13.6. The van der Waals surface area contributed by atoms with Gasteiger partial charge < -0.3 is 8.98 Å². The van der Waals surface area contributed by atoms with Crippen molar-refractivity contribution < 1.29 is 4.42 Å². The Morgan fingerprint density at radius 3 is 2.88 bits per heavy atom. The van der Waals surface area contributed by atoms with Gasteiger partial charge in [-0.1, -0.05) is 42.1 Å². The van der Waals surface area contributed by atoms with Crippen LogP contribution in [0.1, 0.15) is 30.1 Å². The van der Waals surface area contributed by atoms with E-state index >= 15 is 0 Å². The summed E-state index contributed by atoms with van der Waals surface area (Å²) in [6.07, 6.45) is 2.40. The fourth-order valence-electron chi connectivity index (χ4n) is 3.43. The van der Waals surface area contributed by atoms with E-state index in [9.17, 15) is 4.79 Å². The van der Waals surface area contributed by atoms with Crippen LogP contribution in [0.5, 0.6) is 0 Å². The summed E-state index contributed by atoms with van der Waals surface area (Å²) in [6.45, 7) is 0. The van der Waals surface area contributed by atoms with E-state index < -0.39 is 0 Å². The van der Waals surface area contributed by atoms with Crippen molar-refractivity contribution in [2.45, 2.75) is 29.7 Å². The van der Waals surface area contributed by atoms with Crippen LogP contribution in [0.3, 0.4) is 0 Å². The van der Waals surface area contributed by atoms with E-state index in [0.29, 0.717) is 17.3 Å². The second-order valence-electron chi connectivity index (χ2n) is 6.71. The van der Waals surface area contributed by atoms with Crippen LogP contribution in [0.25, 0.3) is 21.7 Å². The SMILES string of the molecule is Cn1c(SCc2cc(=O)oc3ccc4ccccc4c23)nnc1C1CC1. The average molecular weight is 363 g/mol. The summed E-state index contributed by atoms with van der Waals surface area (Å²) in [5, 5.41) is 12.8. The predicted molar refractivity (Wildman–Crippen MR) is 103 cm³/mol. The van der Waals surface area contributed by atoms with E-state index in [1.54, 1.807) is 17.8 Å². The zero-order valence-corrected chi connectivity index (χ0v) is 15.1. The Hall–Kier alpha value is -2.60. The van der Waals surface area contributed by atoms with Gasteiger partial charge in [0, 0.05) is 30.2 Å². The molecule has 2 aromatic carbocycles. The molecule has 0 amide bonds. The molecule has 0 unspecified atom stereocenters. The summed E-state index contributed by atoms with van der Waals surface area (Å²) in [7, 11) is 2.02. The van der Waals surface area contributed by atoms with Crippen LogP contribution in [0.4, 0.5) is 0 Å². The predicted octanol–water partition coefficient (Wildman–Crippen LogP) is 4.24. The Bertz CT molecular complexity index is 1190. The summed E-state index contributed by atoms with van der Waals surface area (Å²) in [5.41, 5.74) is 1.28. The van der Waals surface area contributed by atoms with E-state index in [0.717, 1.165) is 32.7 Å². The zero-order chi connectivity index (χ0) is 17.7. The summed E-state index contributed by atoms with van der Waals surface area (Å²) < 4.78 is 7.51. The van der Waals surface area contributed by atoms with Gasteiger partial charge in [0.1, 0.15) is 11.4 Å². The fourth-order valence-corrected chi connectivity index (χ4v) is 4.32. The second-order valence-corrected chi connectivity index (χ2v) is 7.66. The van der Waals surface area contributed by atoms with Crippen molar-refractivity contribution in [3.05, 3.63) is 64.3 Å². The molecule has 0 radical (unpaired) electrons. The molecule has 0 N–H and O–H groups in total. The van der Waals surface area contributed by atoms with Gasteiger partial charge >= 0.3 is 5.63 Å². The lowest BCUT2D eigenvalue weighted by atomic mass is 10.0. The third kappa shape index (κ3) is 2.61. The molecule has 0 bridgehead atoms. The molecule has 1 aliphatic rings. The Balaban J connectivity index is 1.57. The molecule has 5 rings (SSSR count). The third-order valence-electron chi connectivity index (χ3n) is 4.88. The van der Waals surface area contributed by atoms with Crippen LogP contribution in [-0.2, 0) is 12.8 Å². The summed E-state index contributed by atoms with van der Waals surface area (Å²) in [4.78, 5) is 12.0. The van der Waals surface area contributed by atoms with E-state index in [2.05, 4.69) is 26.9 Å². The van der Waals surface area contributed by atoms with Crippen LogP contribution in [0.2, 0.25) is 0 Å². The van der Waals surface area contributed by atoms with Crippen molar-refractivity contribution >= 4 is 33.5 Å². The largest absolute Gasteiger partial charge is 0.423 e. The molecule has 1 fully saturated rings. The lowest BCUT2D eigenvalue weighted by Gasteiger charge is -2.08. The van der Waals surface area contributed by atoms with Crippen molar-refractivity contribution in [2.24, 2.45) is 7.05 Å². The first kappa shape index (κ1) is 15.6. The second kappa shape index (κ2) is 5.99. The third-order valence-corrected chi connectivity index (χ3v) is 5.95. The van der Waals surface area contributed by atoms with Gasteiger partial charge in [-0.3, -0.25) is 0 Å². The monoisotopic (exact) mass is 363 g/mol. The Morgan fingerprint density at radius 1 is 1.19 bits per heavy atom. The van der Waals surface area contributed by atoms with Crippen molar-refractivity contribution in [1.82, 2.24) is 14.8 Å². The number of hydrogen-bond acceptors (Lipinski definition) is 5. The number of hydrogen-bond donors (Lipinski definition) is 0. The Kier molecular flexibility index (Phi) is 3.60. The van der Waals surface area contributed by atoms with Gasteiger partial charge in [0.25, 0.3) is 0 Å². The molecule has 2 heterocycles. The van der Waals surface area contributed by atoms with Gasteiger partial charge in [0.2, 0.25) is 0 Å². The van der Waals surface area contributed by atoms with Gasteiger partial charge in [0.15, 0.2) is 5.16 Å². The number of fused-ring (bicyclic) bond motifs is 3. The van der Waals surface area contributed by atoms with Gasteiger partial charge in [-0.05, 0) is 35.2 Å². The lowest BCUT2D eigenvalue weighted by molar-refractivity contribution is 0.560. The van der Waals surface area contributed by atoms with Crippen LogP contribution in [0, 0.1) is 0 Å². The van der Waals surface area contributed by atoms with Gasteiger partial charge in [-0.15, -0.1) is 10.2 Å². The van der Waals surface area contributed by atoms with Crippen LogP contribution >= 0.6 is 11.8 Å². The van der Waals surface area contributed by atoms with Gasteiger partial charge in [-0.2, -0.15) is 0 Å². The first-order valence-electron chi connectivity index (χ1n) is 8.67. The maximum Gasteiger partial charge on any atom is 0.336 e. The molecule has 0 spiro atoms. The number of nitrogens with zero attached hydrogens (tertiary/aromatic N) is 3. The molecule has 2 aromatic heterocycles. The van der Waals surface area contributed by atoms with Crippen LogP contribution < -0.4 is 5.63 Å². The minimum Gasteiger partial charge on any atom is -0.423 e. The highest BCUT2D eigenvalue weighted by atomic mass is 32.2. The average Bonchev–Trinajstić information content (AvgIpc) is 3.42. The van der Waals surface area contributed by atoms with E-state index in [1.165, 1.54) is 12.8 Å². The molecule has 4 aromatic rings. The minimum atomic E-state index is -0.319. The fraction of sp³-hybridized carbons (Fsp3) is 0.250. The van der Waals surface area contributed by atoms with E-state index in [-0.39, 0.29) is 5.63 Å². The molecule has 1 aliphatic carbocycles. The van der Waals surface area contributed by atoms with Crippen molar-refractivity contribution in [2.75, 3.05) is 0 Å². The molecule has 0 aliphatic heterocycles. The number of aromatic nitrogens is 3. The van der Waals surface area contributed by atoms with E-state index in [4.69, 9.17) is 4.42 Å². The standard InChI is InChI=1S/C20H17N3O2S/c1-23-19(13-6-7-13)21-22-20(23)26-11-14-10-17(24)25-16-9-8-12-4-2-3-5-15(12)18(14)16/h2-5,8-10,13H,6-7,11H2,1H3. The molecule has 0 atom stereocenters. The minimum absolute atomic E-state index is 0.319. The topological polar surface area (TPSA) is 60.9 Å². The highest BCUT2D eigenvalue weighted by molar-refractivity contribution is 7.98. The number of thioether (sulfide) groups is 1. The van der Waals surface area contributed by atoms with Crippen LogP contribution in [-0.4, -0.2) is 14.8 Å². The van der Waals surface area contributed by atoms with Crippen molar-refractivity contribution in [3.63, 3.8) is 0 Å². The summed E-state index contributed by atoms with van der Waals surface area (Å²) >= 11 is 1.61. The smallest absolute Gasteiger partial charge is 0.336 e. The highest BCUT2D eigenvalue weighted by Gasteiger charge is 2.29. The summed E-state index contributed by atoms with van der Waals surface area (Å²) in [5.74, 6) is 2.28. The molecule has 1 saturated carbocycles. The first-order valence-corrected chi connectivity index (χ1v) is 9.66. The molecular formula is C20H17N3O2S. The quantitative estimate of drug-likeness (QED) is 0.308. The Labute approximate surface area is 154 Å². The van der Waals surface area contributed by atoms with Gasteiger partial charge in [0.05, 0.1) is 0 Å². The number of rotatable bonds is 4.